The summed E-state index contributed by atoms with van der Waals surface area (Å²) >= 11 is 0. The van der Waals surface area contributed by atoms with Gasteiger partial charge >= 0.3 is 23.1 Å². The fourth-order valence-electron chi connectivity index (χ4n) is 0.342. The van der Waals surface area contributed by atoms with Gasteiger partial charge in [-0.05, 0) is 0 Å². The van der Waals surface area contributed by atoms with E-state index >= 15 is 0 Å². The zero-order valence-electron chi connectivity index (χ0n) is 7.18. The van der Waals surface area contributed by atoms with Crippen LogP contribution in [-0.4, -0.2) is 23.1 Å². The molecule has 0 aromatic heterocycles. The Bertz CT molecular complexity index is 92.4. The molecule has 0 fully saturated rings. The third-order valence-electron chi connectivity index (χ3n) is 0.607. The summed E-state index contributed by atoms with van der Waals surface area (Å²) in [6, 6.07) is 12.5. The van der Waals surface area contributed by atoms with E-state index in [9.17, 15) is 0 Å². The number of hydrogen-bond acceptors (Lipinski definition) is 0. The van der Waals surface area contributed by atoms with Crippen LogP contribution < -0.4 is 17.0 Å². The van der Waals surface area contributed by atoms with Crippen LogP contribution in [0.15, 0.2) is 30.3 Å². The maximum atomic E-state index is 2.89. The third-order valence-corrected chi connectivity index (χ3v) is 0.607. The summed E-state index contributed by atoms with van der Waals surface area (Å²) in [5.41, 5.74) is 0. The predicted octanol–water partition coefficient (Wildman–Crippen LogP) is -0.474. The van der Waals surface area contributed by atoms with Crippen LogP contribution in [0.3, 0.4) is 0 Å². The molecule has 0 N–H and O–H groups in total. The quantitative estimate of drug-likeness (QED) is 0.414. The molecule has 0 bridgehead atoms. The summed E-state index contributed by atoms with van der Waals surface area (Å²) in [6.45, 7) is 4.25. The molecule has 1 aromatic rings. The summed E-state index contributed by atoms with van der Waals surface area (Å²) in [5, 5.41) is 0. The number of halogens is 1. The van der Waals surface area contributed by atoms with E-state index in [0.717, 1.165) is 0 Å². The van der Waals surface area contributed by atoms with Crippen LogP contribution in [0.5, 0.6) is 0 Å². The molecule has 0 aliphatic rings. The molecule has 0 saturated heterocycles. The van der Waals surface area contributed by atoms with Crippen LogP contribution in [0.2, 0.25) is 0 Å². The van der Waals surface area contributed by atoms with Gasteiger partial charge in [0.05, 0.1) is 0 Å². The van der Waals surface area contributed by atoms with Crippen LogP contribution >= 0.6 is 0 Å². The average Bonchev–Trinajstić information content (AvgIpc) is 1.93. The van der Waals surface area contributed by atoms with E-state index in [4.69, 9.17) is 0 Å². The summed E-state index contributed by atoms with van der Waals surface area (Å²) in [6.07, 6.45) is 1.25. The normalized spacial score (nSPS) is 6.00. The molecule has 11 heavy (non-hydrogen) atoms. The van der Waals surface area contributed by atoms with Gasteiger partial charge in [-0.25, -0.2) is 0 Å². The first-order valence-electron chi connectivity index (χ1n) is 3.32. The Morgan fingerprint density at radius 2 is 1.36 bits per heavy atom. The largest absolute Gasteiger partial charge is 2.00 e. The molecule has 2 heteroatoms. The van der Waals surface area contributed by atoms with Gasteiger partial charge in [-0.1, -0.05) is 20.3 Å². The first-order chi connectivity index (χ1) is 4.41. The Morgan fingerprint density at radius 1 is 1.00 bits per heavy atom. The van der Waals surface area contributed by atoms with Crippen LogP contribution in [-0.2, 0) is 0 Å². The number of rotatable bonds is 0. The SMILES string of the molecule is CCC.[Br-].[Mg+2].[c-]1ccccc1. The first-order valence-corrected chi connectivity index (χ1v) is 3.32. The molecule has 0 amide bonds. The maximum absolute atomic E-state index is 2.89. The van der Waals surface area contributed by atoms with Crippen molar-refractivity contribution in [1.82, 2.24) is 0 Å². The van der Waals surface area contributed by atoms with Gasteiger partial charge in [-0.15, -0.1) is 0 Å². The smallest absolute Gasteiger partial charge is 1.00 e. The van der Waals surface area contributed by atoms with Gasteiger partial charge in [0.1, 0.15) is 0 Å². The summed E-state index contributed by atoms with van der Waals surface area (Å²) in [4.78, 5) is 0. The fourth-order valence-corrected chi connectivity index (χ4v) is 0.342. The van der Waals surface area contributed by atoms with Gasteiger partial charge in [0, 0.05) is 0 Å². The molecule has 0 aliphatic heterocycles. The second-order valence-electron chi connectivity index (χ2n) is 1.78. The monoisotopic (exact) mass is 224 g/mol. The van der Waals surface area contributed by atoms with E-state index in [1.807, 2.05) is 30.3 Å². The number of benzene rings is 1. The number of hydrogen-bond donors (Lipinski definition) is 0. The minimum Gasteiger partial charge on any atom is -1.00 e. The van der Waals surface area contributed by atoms with E-state index < -0.39 is 0 Å². The predicted molar refractivity (Wildman–Crippen MR) is 47.0 cm³/mol. The van der Waals surface area contributed by atoms with E-state index in [2.05, 4.69) is 19.9 Å². The topological polar surface area (TPSA) is 0 Å². The fraction of sp³-hybridized carbons (Fsp3) is 0.333. The van der Waals surface area contributed by atoms with E-state index in [0.29, 0.717) is 0 Å². The molecule has 0 heterocycles. The second-order valence-corrected chi connectivity index (χ2v) is 1.78. The summed E-state index contributed by atoms with van der Waals surface area (Å²) < 4.78 is 0. The van der Waals surface area contributed by atoms with Crippen LogP contribution in [0.4, 0.5) is 0 Å². The van der Waals surface area contributed by atoms with E-state index in [-0.39, 0.29) is 40.0 Å². The van der Waals surface area contributed by atoms with Crippen molar-refractivity contribution >= 4 is 23.1 Å². The molecule has 0 aliphatic carbocycles. The van der Waals surface area contributed by atoms with Crippen molar-refractivity contribution < 1.29 is 17.0 Å². The standard InChI is InChI=1S/C6H5.C3H8.BrH.Mg/c1-2-4-6-5-3-1;1-3-2;;/h1-5H;3H2,1-2H3;1H;/q-1;;;+2/p-1. The molecule has 58 valence electrons. The first kappa shape index (κ1) is 17.5. The Balaban J connectivity index is -0.000000116. The second kappa shape index (κ2) is 16.8. The molecule has 0 saturated carbocycles. The third kappa shape index (κ3) is 17.9. The summed E-state index contributed by atoms with van der Waals surface area (Å²) in [5.74, 6) is 0. The molecular weight excluding hydrogens is 212 g/mol. The molecule has 0 atom stereocenters. The van der Waals surface area contributed by atoms with E-state index in [1.165, 1.54) is 6.42 Å². The summed E-state index contributed by atoms with van der Waals surface area (Å²) in [7, 11) is 0. The Hall–Kier alpha value is 0.466. The van der Waals surface area contributed by atoms with Crippen molar-refractivity contribution in [2.24, 2.45) is 0 Å². The van der Waals surface area contributed by atoms with Crippen molar-refractivity contribution in [3.05, 3.63) is 36.4 Å². The molecule has 1 rings (SSSR count). The minimum atomic E-state index is 0. The van der Waals surface area contributed by atoms with Gasteiger partial charge in [-0.3, -0.25) is 0 Å². The van der Waals surface area contributed by atoms with Gasteiger partial charge in [-0.2, -0.15) is 36.4 Å². The van der Waals surface area contributed by atoms with Gasteiger partial charge in [0.2, 0.25) is 0 Å². The Morgan fingerprint density at radius 3 is 1.45 bits per heavy atom. The van der Waals surface area contributed by atoms with Crippen LogP contribution in [0, 0.1) is 6.07 Å². The molecular formula is C9H13BrMg. The zero-order chi connectivity index (χ0) is 6.95. The average molecular weight is 225 g/mol. The van der Waals surface area contributed by atoms with Gasteiger partial charge < -0.3 is 17.0 Å². The molecule has 0 radical (unpaired) electrons. The molecule has 0 nitrogen and oxygen atoms in total. The van der Waals surface area contributed by atoms with Crippen LogP contribution in [0.1, 0.15) is 20.3 Å². The van der Waals surface area contributed by atoms with E-state index in [1.54, 1.807) is 0 Å². The van der Waals surface area contributed by atoms with Crippen LogP contribution in [0.25, 0.3) is 0 Å². The molecule has 1 aromatic carbocycles. The van der Waals surface area contributed by atoms with Gasteiger partial charge in [0.25, 0.3) is 0 Å². The van der Waals surface area contributed by atoms with Crippen molar-refractivity contribution in [3.8, 4) is 0 Å². The van der Waals surface area contributed by atoms with Crippen molar-refractivity contribution in [1.29, 1.82) is 0 Å². The minimum absolute atomic E-state index is 0. The zero-order valence-corrected chi connectivity index (χ0v) is 10.2. The van der Waals surface area contributed by atoms with Crippen molar-refractivity contribution in [2.75, 3.05) is 0 Å². The van der Waals surface area contributed by atoms with Crippen molar-refractivity contribution in [3.63, 3.8) is 0 Å². The Kier molecular flexibility index (Phi) is 26.8. The van der Waals surface area contributed by atoms with Crippen molar-refractivity contribution in [2.45, 2.75) is 20.3 Å². The maximum Gasteiger partial charge on any atom is 2.00 e. The molecule has 0 unspecified atom stereocenters. The van der Waals surface area contributed by atoms with Gasteiger partial charge in [0.15, 0.2) is 0 Å². The molecule has 0 spiro atoms. The Labute approximate surface area is 96.3 Å².